The number of benzene rings is 1. The molecule has 1 unspecified atom stereocenters. The lowest BCUT2D eigenvalue weighted by Gasteiger charge is -2.19. The van der Waals surface area contributed by atoms with Crippen LogP contribution in [-0.4, -0.2) is 26.2 Å². The maximum absolute atomic E-state index is 12.1. The number of hydrogen-bond donors (Lipinski definition) is 1. The van der Waals surface area contributed by atoms with Gasteiger partial charge >= 0.3 is 0 Å². The van der Waals surface area contributed by atoms with Crippen molar-refractivity contribution in [2.75, 3.05) is 25.2 Å². The summed E-state index contributed by atoms with van der Waals surface area (Å²) in [5.74, 6) is -0.0363. The zero-order chi connectivity index (χ0) is 12.6. The van der Waals surface area contributed by atoms with Gasteiger partial charge in [-0.15, -0.1) is 0 Å². The van der Waals surface area contributed by atoms with Gasteiger partial charge in [-0.05, 0) is 19.4 Å². The molecule has 2 rings (SSSR count). The standard InChI is InChI=1S/C13H18N2O2/c1-8-6-9(2)12-10(7-8)11(14)13(16)15(12)4-5-17-3/h6-7,11H,4-5,14H2,1-3H3. The third kappa shape index (κ3) is 1.94. The minimum Gasteiger partial charge on any atom is -0.383 e. The van der Waals surface area contributed by atoms with Crippen LogP contribution in [-0.2, 0) is 9.53 Å². The number of nitrogens with two attached hydrogens (primary N) is 1. The van der Waals surface area contributed by atoms with Crippen LogP contribution in [0.1, 0.15) is 22.7 Å². The zero-order valence-electron chi connectivity index (χ0n) is 10.5. The van der Waals surface area contributed by atoms with E-state index in [1.54, 1.807) is 12.0 Å². The first kappa shape index (κ1) is 12.1. The quantitative estimate of drug-likeness (QED) is 0.857. The van der Waals surface area contributed by atoms with Crippen molar-refractivity contribution in [2.45, 2.75) is 19.9 Å². The maximum atomic E-state index is 12.1. The van der Waals surface area contributed by atoms with Crippen molar-refractivity contribution in [3.63, 3.8) is 0 Å². The Morgan fingerprint density at radius 3 is 2.76 bits per heavy atom. The summed E-state index contributed by atoms with van der Waals surface area (Å²) in [4.78, 5) is 13.8. The first-order valence-corrected chi connectivity index (χ1v) is 5.73. The van der Waals surface area contributed by atoms with E-state index in [9.17, 15) is 4.79 Å². The fourth-order valence-corrected chi connectivity index (χ4v) is 2.41. The Kier molecular flexibility index (Phi) is 3.17. The monoisotopic (exact) mass is 234 g/mol. The van der Waals surface area contributed by atoms with Gasteiger partial charge in [0.1, 0.15) is 6.04 Å². The van der Waals surface area contributed by atoms with E-state index in [-0.39, 0.29) is 5.91 Å². The molecule has 1 aromatic rings. The lowest BCUT2D eigenvalue weighted by atomic mass is 10.0. The van der Waals surface area contributed by atoms with Gasteiger partial charge in [-0.2, -0.15) is 0 Å². The molecule has 1 aliphatic heterocycles. The van der Waals surface area contributed by atoms with Gasteiger partial charge in [0.25, 0.3) is 0 Å². The Morgan fingerprint density at radius 2 is 2.12 bits per heavy atom. The number of anilines is 1. The van der Waals surface area contributed by atoms with Crippen molar-refractivity contribution in [2.24, 2.45) is 5.73 Å². The third-order valence-corrected chi connectivity index (χ3v) is 3.13. The number of methoxy groups -OCH3 is 1. The number of rotatable bonds is 3. The van der Waals surface area contributed by atoms with Gasteiger partial charge in [0.2, 0.25) is 5.91 Å². The van der Waals surface area contributed by atoms with Gasteiger partial charge in [-0.25, -0.2) is 0 Å². The minimum atomic E-state index is -0.527. The number of ether oxygens (including phenoxy) is 1. The van der Waals surface area contributed by atoms with Gasteiger partial charge in [0.05, 0.1) is 12.3 Å². The Morgan fingerprint density at radius 1 is 1.41 bits per heavy atom. The van der Waals surface area contributed by atoms with Crippen LogP contribution in [0, 0.1) is 13.8 Å². The Bertz CT molecular complexity index is 457. The molecule has 0 spiro atoms. The predicted octanol–water partition coefficient (Wildman–Crippen LogP) is 1.30. The molecule has 1 heterocycles. The maximum Gasteiger partial charge on any atom is 0.248 e. The fraction of sp³-hybridized carbons (Fsp3) is 0.462. The van der Waals surface area contributed by atoms with Crippen LogP contribution >= 0.6 is 0 Å². The largest absolute Gasteiger partial charge is 0.383 e. The van der Waals surface area contributed by atoms with Crippen molar-refractivity contribution < 1.29 is 9.53 Å². The van der Waals surface area contributed by atoms with E-state index in [0.29, 0.717) is 13.2 Å². The van der Waals surface area contributed by atoms with Gasteiger partial charge in [0.15, 0.2) is 0 Å². The molecule has 1 aromatic carbocycles. The Labute approximate surface area is 101 Å². The highest BCUT2D eigenvalue weighted by Crippen LogP contribution is 2.37. The smallest absolute Gasteiger partial charge is 0.248 e. The molecule has 0 aromatic heterocycles. The van der Waals surface area contributed by atoms with E-state index in [1.807, 2.05) is 19.9 Å². The molecule has 92 valence electrons. The Balaban J connectivity index is 2.44. The minimum absolute atomic E-state index is 0.0363. The summed E-state index contributed by atoms with van der Waals surface area (Å²) < 4.78 is 5.03. The number of aryl methyl sites for hydroxylation is 2. The summed E-state index contributed by atoms with van der Waals surface area (Å²) in [6, 6.07) is 3.54. The molecular formula is C13H18N2O2. The molecule has 0 fully saturated rings. The summed E-state index contributed by atoms with van der Waals surface area (Å²) in [5.41, 5.74) is 10.1. The average Bonchev–Trinajstić information content (AvgIpc) is 2.51. The number of nitrogens with zero attached hydrogens (tertiary/aromatic N) is 1. The zero-order valence-corrected chi connectivity index (χ0v) is 10.5. The topological polar surface area (TPSA) is 55.6 Å². The molecule has 4 nitrogen and oxygen atoms in total. The van der Waals surface area contributed by atoms with E-state index >= 15 is 0 Å². The number of amides is 1. The second kappa shape index (κ2) is 4.47. The molecule has 1 aliphatic rings. The molecule has 0 bridgehead atoms. The number of hydrogen-bond acceptors (Lipinski definition) is 3. The van der Waals surface area contributed by atoms with Gasteiger partial charge < -0.3 is 15.4 Å². The van der Waals surface area contributed by atoms with Crippen LogP contribution in [0.3, 0.4) is 0 Å². The lowest BCUT2D eigenvalue weighted by molar-refractivity contribution is -0.119. The van der Waals surface area contributed by atoms with Crippen LogP contribution in [0.2, 0.25) is 0 Å². The highest BCUT2D eigenvalue weighted by molar-refractivity contribution is 6.05. The molecule has 0 saturated heterocycles. The highest BCUT2D eigenvalue weighted by Gasteiger charge is 2.35. The lowest BCUT2D eigenvalue weighted by Crippen LogP contribution is -2.34. The van der Waals surface area contributed by atoms with E-state index in [0.717, 1.165) is 22.4 Å². The van der Waals surface area contributed by atoms with Crippen LogP contribution in [0.4, 0.5) is 5.69 Å². The van der Waals surface area contributed by atoms with Gasteiger partial charge in [-0.1, -0.05) is 17.7 Å². The van der Waals surface area contributed by atoms with Crippen molar-refractivity contribution in [1.82, 2.24) is 0 Å². The van der Waals surface area contributed by atoms with Crippen molar-refractivity contribution in [3.8, 4) is 0 Å². The predicted molar refractivity (Wildman–Crippen MR) is 67.1 cm³/mol. The van der Waals surface area contributed by atoms with Crippen LogP contribution < -0.4 is 10.6 Å². The van der Waals surface area contributed by atoms with Crippen molar-refractivity contribution in [3.05, 3.63) is 28.8 Å². The third-order valence-electron chi connectivity index (χ3n) is 3.13. The van der Waals surface area contributed by atoms with Crippen molar-refractivity contribution >= 4 is 11.6 Å². The normalized spacial score (nSPS) is 18.7. The number of carbonyl (C=O) groups excluding carboxylic acids is 1. The number of fused-ring (bicyclic) bond motifs is 1. The summed E-state index contributed by atoms with van der Waals surface area (Å²) in [7, 11) is 1.63. The molecular weight excluding hydrogens is 216 g/mol. The SMILES string of the molecule is COCCN1C(=O)C(N)c2cc(C)cc(C)c21. The fourth-order valence-electron chi connectivity index (χ4n) is 2.41. The molecule has 0 radical (unpaired) electrons. The summed E-state index contributed by atoms with van der Waals surface area (Å²) >= 11 is 0. The molecule has 4 heteroatoms. The van der Waals surface area contributed by atoms with Gasteiger partial charge in [-0.3, -0.25) is 4.79 Å². The Hall–Kier alpha value is -1.39. The average molecular weight is 234 g/mol. The van der Waals surface area contributed by atoms with E-state index in [1.165, 1.54) is 0 Å². The molecule has 2 N–H and O–H groups in total. The van der Waals surface area contributed by atoms with E-state index < -0.39 is 6.04 Å². The van der Waals surface area contributed by atoms with Crippen LogP contribution in [0.5, 0.6) is 0 Å². The summed E-state index contributed by atoms with van der Waals surface area (Å²) in [5, 5.41) is 0. The van der Waals surface area contributed by atoms with Gasteiger partial charge in [0, 0.05) is 19.2 Å². The first-order valence-electron chi connectivity index (χ1n) is 5.73. The van der Waals surface area contributed by atoms with E-state index in [2.05, 4.69) is 6.07 Å². The molecule has 17 heavy (non-hydrogen) atoms. The molecule has 0 saturated carbocycles. The first-order chi connectivity index (χ1) is 8.06. The molecule has 1 amide bonds. The van der Waals surface area contributed by atoms with Crippen LogP contribution in [0.15, 0.2) is 12.1 Å². The van der Waals surface area contributed by atoms with E-state index in [4.69, 9.17) is 10.5 Å². The molecule has 0 aliphatic carbocycles. The summed E-state index contributed by atoms with van der Waals surface area (Å²) in [6.45, 7) is 5.10. The van der Waals surface area contributed by atoms with Crippen molar-refractivity contribution in [1.29, 1.82) is 0 Å². The van der Waals surface area contributed by atoms with Crippen LogP contribution in [0.25, 0.3) is 0 Å². The molecule has 1 atom stereocenters. The number of carbonyl (C=O) groups is 1. The second-order valence-corrected chi connectivity index (χ2v) is 4.48. The highest BCUT2D eigenvalue weighted by atomic mass is 16.5. The second-order valence-electron chi connectivity index (χ2n) is 4.48. The summed E-state index contributed by atoms with van der Waals surface area (Å²) in [6.07, 6.45) is 0.